The summed E-state index contributed by atoms with van der Waals surface area (Å²) in [7, 11) is 0. The molecule has 1 aliphatic heterocycles. The highest BCUT2D eigenvalue weighted by molar-refractivity contribution is 9.09. The van der Waals surface area contributed by atoms with Crippen molar-refractivity contribution in [3.05, 3.63) is 54.1 Å². The molecule has 0 bridgehead atoms. The van der Waals surface area contributed by atoms with Crippen LogP contribution in [0.15, 0.2) is 48.5 Å². The lowest BCUT2D eigenvalue weighted by Gasteiger charge is -2.28. The van der Waals surface area contributed by atoms with E-state index in [2.05, 4.69) is 15.9 Å². The number of aliphatic hydroxyl groups is 2. The van der Waals surface area contributed by atoms with Crippen molar-refractivity contribution < 1.29 is 29.2 Å². The lowest BCUT2D eigenvalue weighted by atomic mass is 10.2. The van der Waals surface area contributed by atoms with Gasteiger partial charge >= 0.3 is 6.09 Å². The van der Waals surface area contributed by atoms with Crippen LogP contribution in [-0.2, 0) is 11.3 Å². The van der Waals surface area contributed by atoms with E-state index in [1.165, 1.54) is 4.90 Å². The lowest BCUT2D eigenvalue weighted by Crippen LogP contribution is -2.43. The van der Waals surface area contributed by atoms with E-state index in [0.29, 0.717) is 30.4 Å². The Morgan fingerprint density at radius 2 is 1.79 bits per heavy atom. The number of carbonyl (C=O) groups excluding carboxylic acids is 1. The second-order valence-corrected chi connectivity index (χ2v) is 6.92. The minimum absolute atomic E-state index is 0.0951. The molecule has 0 aliphatic carbocycles. The molecule has 0 aromatic heterocycles. The number of aliphatic hydroxyl groups excluding tert-OH is 2. The third kappa shape index (κ3) is 5.15. The topological polar surface area (TPSA) is 88.5 Å². The van der Waals surface area contributed by atoms with Gasteiger partial charge in [0.05, 0.1) is 24.4 Å². The van der Waals surface area contributed by atoms with Gasteiger partial charge in [-0.1, -0.05) is 46.3 Å². The quantitative estimate of drug-likeness (QED) is 0.629. The van der Waals surface area contributed by atoms with Crippen LogP contribution in [0.25, 0.3) is 0 Å². The lowest BCUT2D eigenvalue weighted by molar-refractivity contribution is 0.0388. The largest absolute Gasteiger partial charge is 0.486 e. The molecule has 7 nitrogen and oxygen atoms in total. The average molecular weight is 452 g/mol. The second kappa shape index (κ2) is 9.77. The summed E-state index contributed by atoms with van der Waals surface area (Å²) in [6, 6.07) is 14.3. The van der Waals surface area contributed by atoms with Gasteiger partial charge in [-0.2, -0.15) is 0 Å². The van der Waals surface area contributed by atoms with E-state index in [1.54, 1.807) is 18.2 Å². The van der Waals surface area contributed by atoms with Crippen molar-refractivity contribution in [2.45, 2.75) is 18.8 Å². The Morgan fingerprint density at radius 1 is 1.07 bits per heavy atom. The predicted octanol–water partition coefficient (Wildman–Crippen LogP) is 2.72. The predicted molar refractivity (Wildman–Crippen MR) is 107 cm³/mol. The number of alkyl halides is 1. The molecule has 0 saturated carbocycles. The summed E-state index contributed by atoms with van der Waals surface area (Å²) in [6.45, 7) is 0.836. The highest BCUT2D eigenvalue weighted by Crippen LogP contribution is 2.34. The van der Waals surface area contributed by atoms with Crippen LogP contribution < -0.4 is 14.4 Å². The fraction of sp³-hybridized carbons (Fsp3) is 0.350. The first-order valence-corrected chi connectivity index (χ1v) is 10.0. The molecule has 2 aromatic rings. The number of hydrogen-bond donors (Lipinski definition) is 2. The van der Waals surface area contributed by atoms with Gasteiger partial charge in [0.2, 0.25) is 0 Å². The molecule has 0 spiro atoms. The van der Waals surface area contributed by atoms with Crippen molar-refractivity contribution >= 4 is 27.7 Å². The molecule has 3 rings (SSSR count). The van der Waals surface area contributed by atoms with E-state index in [0.717, 1.165) is 5.56 Å². The summed E-state index contributed by atoms with van der Waals surface area (Å²) < 4.78 is 16.5. The van der Waals surface area contributed by atoms with Crippen LogP contribution in [0.4, 0.5) is 10.5 Å². The highest BCUT2D eigenvalue weighted by atomic mass is 79.9. The van der Waals surface area contributed by atoms with Gasteiger partial charge in [0.15, 0.2) is 11.5 Å². The van der Waals surface area contributed by atoms with Crippen LogP contribution in [0.2, 0.25) is 0 Å². The van der Waals surface area contributed by atoms with Crippen LogP contribution in [0, 0.1) is 0 Å². The first-order valence-electron chi connectivity index (χ1n) is 8.88. The number of hydrogen-bond acceptors (Lipinski definition) is 6. The smallest absolute Gasteiger partial charge is 0.414 e. The molecule has 28 heavy (non-hydrogen) atoms. The molecule has 0 saturated heterocycles. The standard InChI is InChI=1S/C20H22BrNO6/c21-11-16(23)17(24)12-22(20(25)28-13-14-4-2-1-3-5-14)15-6-7-18-19(10-15)27-9-8-26-18/h1-7,10,16-17,23-24H,8-9,11-13H2. The SMILES string of the molecule is O=C(OCc1ccccc1)N(CC(O)C(O)CBr)c1ccc2c(c1)OCCO2. The van der Waals surface area contributed by atoms with Crippen LogP contribution in [0.5, 0.6) is 11.5 Å². The van der Waals surface area contributed by atoms with E-state index < -0.39 is 18.3 Å². The third-order valence-electron chi connectivity index (χ3n) is 4.23. The van der Waals surface area contributed by atoms with Gasteiger partial charge < -0.3 is 24.4 Å². The summed E-state index contributed by atoms with van der Waals surface area (Å²) in [4.78, 5) is 14.0. The second-order valence-electron chi connectivity index (χ2n) is 6.27. The molecule has 150 valence electrons. The summed E-state index contributed by atoms with van der Waals surface area (Å²) in [5, 5.41) is 20.3. The molecule has 8 heteroatoms. The molecule has 1 aliphatic rings. The zero-order valence-electron chi connectivity index (χ0n) is 15.2. The Balaban J connectivity index is 1.79. The Morgan fingerprint density at radius 3 is 2.50 bits per heavy atom. The molecule has 2 unspecified atom stereocenters. The Hall–Kier alpha value is -2.29. The number of ether oxygens (including phenoxy) is 3. The average Bonchev–Trinajstić information content (AvgIpc) is 2.75. The van der Waals surface area contributed by atoms with Crippen molar-refractivity contribution in [1.82, 2.24) is 0 Å². The van der Waals surface area contributed by atoms with Crippen LogP contribution >= 0.6 is 15.9 Å². The maximum atomic E-state index is 12.8. The Kier molecular flexibility index (Phi) is 7.13. The number of rotatable bonds is 7. The van der Waals surface area contributed by atoms with Crippen LogP contribution in [0.1, 0.15) is 5.56 Å². The van der Waals surface area contributed by atoms with Crippen molar-refractivity contribution in [3.63, 3.8) is 0 Å². The maximum absolute atomic E-state index is 12.8. The fourth-order valence-electron chi connectivity index (χ4n) is 2.69. The minimum atomic E-state index is -1.16. The Labute approximate surface area is 171 Å². The van der Waals surface area contributed by atoms with Crippen molar-refractivity contribution in [2.75, 3.05) is 30.0 Å². The van der Waals surface area contributed by atoms with E-state index in [1.807, 2.05) is 30.3 Å². The van der Waals surface area contributed by atoms with Crippen LogP contribution in [0.3, 0.4) is 0 Å². The normalized spacial score (nSPS) is 14.8. The molecular formula is C20H22BrNO6. The van der Waals surface area contributed by atoms with Crippen molar-refractivity contribution in [3.8, 4) is 11.5 Å². The molecular weight excluding hydrogens is 430 g/mol. The molecule has 2 aromatic carbocycles. The van der Waals surface area contributed by atoms with E-state index >= 15 is 0 Å². The number of nitrogens with zero attached hydrogens (tertiary/aromatic N) is 1. The van der Waals surface area contributed by atoms with Gasteiger partial charge in [-0.3, -0.25) is 4.90 Å². The first kappa shape index (κ1) is 20.4. The molecule has 2 atom stereocenters. The van der Waals surface area contributed by atoms with Gasteiger partial charge in [-0.05, 0) is 17.7 Å². The first-order chi connectivity index (χ1) is 13.6. The van der Waals surface area contributed by atoms with E-state index in [4.69, 9.17) is 14.2 Å². The van der Waals surface area contributed by atoms with Gasteiger partial charge in [0.1, 0.15) is 19.8 Å². The zero-order chi connectivity index (χ0) is 19.9. The number of amides is 1. The number of halogens is 1. The maximum Gasteiger partial charge on any atom is 0.414 e. The van der Waals surface area contributed by atoms with Gasteiger partial charge in [0.25, 0.3) is 0 Å². The van der Waals surface area contributed by atoms with Gasteiger partial charge in [-0.15, -0.1) is 0 Å². The summed E-state index contributed by atoms with van der Waals surface area (Å²) in [5.74, 6) is 1.11. The van der Waals surface area contributed by atoms with Gasteiger partial charge in [-0.25, -0.2) is 4.79 Å². The third-order valence-corrected chi connectivity index (χ3v) is 4.90. The van der Waals surface area contributed by atoms with Crippen molar-refractivity contribution in [1.29, 1.82) is 0 Å². The summed E-state index contributed by atoms with van der Waals surface area (Å²) in [5.41, 5.74) is 1.32. The number of carbonyl (C=O) groups is 1. The highest BCUT2D eigenvalue weighted by Gasteiger charge is 2.26. The molecule has 0 radical (unpaired) electrons. The van der Waals surface area contributed by atoms with Gasteiger partial charge in [0, 0.05) is 11.4 Å². The number of fused-ring (bicyclic) bond motifs is 1. The summed E-state index contributed by atoms with van der Waals surface area (Å²) in [6.07, 6.45) is -2.82. The monoisotopic (exact) mass is 451 g/mol. The van der Waals surface area contributed by atoms with Crippen LogP contribution in [-0.4, -0.2) is 53.6 Å². The zero-order valence-corrected chi connectivity index (χ0v) is 16.7. The van der Waals surface area contributed by atoms with E-state index in [9.17, 15) is 15.0 Å². The molecule has 0 fully saturated rings. The van der Waals surface area contributed by atoms with Crippen molar-refractivity contribution in [2.24, 2.45) is 0 Å². The molecule has 1 heterocycles. The Bertz CT molecular complexity index is 788. The minimum Gasteiger partial charge on any atom is -0.486 e. The molecule has 2 N–H and O–H groups in total. The van der Waals surface area contributed by atoms with E-state index in [-0.39, 0.29) is 18.5 Å². The molecule has 1 amide bonds. The number of benzene rings is 2. The fourth-order valence-corrected chi connectivity index (χ4v) is 3.13. The number of anilines is 1. The summed E-state index contributed by atoms with van der Waals surface area (Å²) >= 11 is 3.13.